The molecular weight excluding hydrogens is 817 g/mol. The Morgan fingerprint density at radius 2 is 1.25 bits per heavy atom. The van der Waals surface area contributed by atoms with Crippen LogP contribution in [0.2, 0.25) is 0 Å². The highest BCUT2D eigenvalue weighted by Crippen LogP contribution is 2.59. The summed E-state index contributed by atoms with van der Waals surface area (Å²) in [5.41, 5.74) is 18.7. The number of amidine groups is 1. The van der Waals surface area contributed by atoms with Gasteiger partial charge in [0.15, 0.2) is 0 Å². The van der Waals surface area contributed by atoms with Gasteiger partial charge in [0.1, 0.15) is 28.7 Å². The standard InChI is InChI=1S/C62H74N4O/c1-36(2)47-20-19-21-48(37(3)4)56(47)66-57(64-62(18)49-28-40(7)39(6)27-43(49)35-61(62,66)17)42-30-45(59(12,13)14)32-46(31-42)67-54-34-53-51(29-41(54)8)60(15,16)50-26-38(5)22-23-52(50)65(53)55-33-44(24-25-63-55)58(9,10)11/h19-34,36-37H,35H2,1-18H3/t61-,62+/m0/s1. The summed E-state index contributed by atoms with van der Waals surface area (Å²) in [6, 6.07) is 34.6. The predicted molar refractivity (Wildman–Crippen MR) is 283 cm³/mol. The number of aliphatic imine (C=N–C) groups is 1. The Morgan fingerprint density at radius 3 is 1.90 bits per heavy atom. The topological polar surface area (TPSA) is 41.0 Å². The number of para-hydroxylation sites is 1. The molecule has 3 heterocycles. The van der Waals surface area contributed by atoms with E-state index in [0.29, 0.717) is 11.8 Å². The van der Waals surface area contributed by atoms with Gasteiger partial charge in [0, 0.05) is 23.2 Å². The summed E-state index contributed by atoms with van der Waals surface area (Å²) in [6.45, 7) is 41.5. The lowest BCUT2D eigenvalue weighted by Gasteiger charge is -2.44. The second-order valence-electron chi connectivity index (χ2n) is 23.8. The van der Waals surface area contributed by atoms with Crippen molar-refractivity contribution in [2.24, 2.45) is 4.99 Å². The van der Waals surface area contributed by atoms with Crippen molar-refractivity contribution < 1.29 is 4.74 Å². The molecule has 0 amide bonds. The Bertz CT molecular complexity index is 2980. The molecule has 0 unspecified atom stereocenters. The smallest absolute Gasteiger partial charge is 0.137 e. The van der Waals surface area contributed by atoms with E-state index in [9.17, 15) is 0 Å². The Morgan fingerprint density at radius 1 is 0.627 bits per heavy atom. The fraction of sp³-hybridized carbons (Fsp3) is 0.419. The monoisotopic (exact) mass is 891 g/mol. The quantitative estimate of drug-likeness (QED) is 0.160. The summed E-state index contributed by atoms with van der Waals surface area (Å²) in [5.74, 6) is 4.18. The fourth-order valence-electron chi connectivity index (χ4n) is 11.3. The van der Waals surface area contributed by atoms with E-state index in [0.717, 1.165) is 52.1 Å². The van der Waals surface area contributed by atoms with Crippen LogP contribution in [0.1, 0.15) is 181 Å². The molecule has 0 fully saturated rings. The summed E-state index contributed by atoms with van der Waals surface area (Å²) in [5, 5.41) is 0. The summed E-state index contributed by atoms with van der Waals surface area (Å²) < 4.78 is 7.32. The Kier molecular flexibility index (Phi) is 10.9. The number of aromatic nitrogens is 1. The van der Waals surface area contributed by atoms with E-state index in [1.165, 1.54) is 66.9 Å². The molecule has 2 aliphatic heterocycles. The third kappa shape index (κ3) is 7.42. The van der Waals surface area contributed by atoms with Gasteiger partial charge in [-0.25, -0.2) is 4.98 Å². The third-order valence-electron chi connectivity index (χ3n) is 15.8. The number of anilines is 4. The minimum atomic E-state index is -0.494. The van der Waals surface area contributed by atoms with Crippen LogP contribution in [-0.2, 0) is 28.2 Å². The summed E-state index contributed by atoms with van der Waals surface area (Å²) >= 11 is 0. The molecule has 0 saturated heterocycles. The number of ether oxygens (including phenoxy) is 1. The minimum absolute atomic E-state index is 0.0374. The van der Waals surface area contributed by atoms with E-state index in [-0.39, 0.29) is 21.8 Å². The summed E-state index contributed by atoms with van der Waals surface area (Å²) in [4.78, 5) is 16.1. The van der Waals surface area contributed by atoms with E-state index in [1.807, 2.05) is 6.20 Å². The second-order valence-corrected chi connectivity index (χ2v) is 23.8. The summed E-state index contributed by atoms with van der Waals surface area (Å²) in [7, 11) is 0. The van der Waals surface area contributed by atoms with E-state index in [1.54, 1.807) is 0 Å². The van der Waals surface area contributed by atoms with Crippen molar-refractivity contribution in [3.05, 3.63) is 170 Å². The van der Waals surface area contributed by atoms with Crippen molar-refractivity contribution in [2.45, 2.75) is 170 Å². The van der Waals surface area contributed by atoms with E-state index < -0.39 is 5.54 Å². The maximum Gasteiger partial charge on any atom is 0.137 e. The van der Waals surface area contributed by atoms with Crippen molar-refractivity contribution in [3.8, 4) is 11.5 Å². The molecule has 1 aromatic heterocycles. The Hall–Kier alpha value is -5.68. The molecule has 0 spiro atoms. The van der Waals surface area contributed by atoms with Crippen LogP contribution in [0, 0.1) is 27.7 Å². The van der Waals surface area contributed by atoms with Gasteiger partial charge in [-0.05, 0) is 174 Å². The summed E-state index contributed by atoms with van der Waals surface area (Å²) in [6.07, 6.45) is 2.86. The first kappa shape index (κ1) is 46.4. The van der Waals surface area contributed by atoms with Gasteiger partial charge in [-0.2, -0.15) is 0 Å². The highest BCUT2D eigenvalue weighted by atomic mass is 16.5. The second kappa shape index (κ2) is 15.7. The molecule has 9 rings (SSSR count). The number of nitrogens with zero attached hydrogens (tertiary/aromatic N) is 4. The van der Waals surface area contributed by atoms with Gasteiger partial charge in [0.25, 0.3) is 0 Å². The molecule has 67 heavy (non-hydrogen) atoms. The first-order chi connectivity index (χ1) is 31.2. The highest BCUT2D eigenvalue weighted by molar-refractivity contribution is 6.14. The van der Waals surface area contributed by atoms with Crippen molar-refractivity contribution in [3.63, 3.8) is 0 Å². The van der Waals surface area contributed by atoms with Gasteiger partial charge in [-0.3, -0.25) is 9.89 Å². The number of benzene rings is 5. The lowest BCUT2D eigenvalue weighted by atomic mass is 9.72. The van der Waals surface area contributed by atoms with Crippen LogP contribution in [0.5, 0.6) is 11.5 Å². The van der Waals surface area contributed by atoms with Crippen molar-refractivity contribution in [2.75, 3.05) is 9.80 Å². The Labute approximate surface area is 402 Å². The molecule has 0 bridgehead atoms. The van der Waals surface area contributed by atoms with Gasteiger partial charge < -0.3 is 9.64 Å². The van der Waals surface area contributed by atoms with Crippen molar-refractivity contribution in [1.29, 1.82) is 0 Å². The molecule has 5 heteroatoms. The average Bonchev–Trinajstić information content (AvgIpc) is 3.60. The molecule has 3 aliphatic rings. The molecule has 0 N–H and O–H groups in total. The van der Waals surface area contributed by atoms with Crippen molar-refractivity contribution in [1.82, 2.24) is 4.98 Å². The molecule has 1 aliphatic carbocycles. The highest BCUT2D eigenvalue weighted by Gasteiger charge is 2.61. The van der Waals surface area contributed by atoms with E-state index in [2.05, 4.69) is 225 Å². The van der Waals surface area contributed by atoms with E-state index >= 15 is 0 Å². The molecule has 5 aromatic carbocycles. The van der Waals surface area contributed by atoms with Crippen LogP contribution in [0.25, 0.3) is 0 Å². The van der Waals surface area contributed by atoms with Crippen LogP contribution in [0.15, 0.2) is 102 Å². The molecule has 0 saturated carbocycles. The normalized spacial score (nSPS) is 19.7. The molecule has 2 atom stereocenters. The number of aryl methyl sites for hydroxylation is 4. The first-order valence-corrected chi connectivity index (χ1v) is 24.7. The van der Waals surface area contributed by atoms with Gasteiger partial charge in [0.05, 0.1) is 22.6 Å². The van der Waals surface area contributed by atoms with Gasteiger partial charge in [-0.1, -0.05) is 131 Å². The van der Waals surface area contributed by atoms with Crippen molar-refractivity contribution >= 4 is 28.7 Å². The largest absolute Gasteiger partial charge is 0.457 e. The van der Waals surface area contributed by atoms with Crippen LogP contribution in [0.4, 0.5) is 22.9 Å². The van der Waals surface area contributed by atoms with E-state index in [4.69, 9.17) is 14.7 Å². The number of hydrogen-bond donors (Lipinski definition) is 0. The zero-order valence-electron chi connectivity index (χ0n) is 43.8. The zero-order chi connectivity index (χ0) is 48.5. The van der Waals surface area contributed by atoms with Gasteiger partial charge in [-0.15, -0.1) is 0 Å². The molecule has 6 aromatic rings. The molecule has 5 nitrogen and oxygen atoms in total. The Balaban J connectivity index is 1.25. The number of pyridine rings is 1. The SMILES string of the molecule is Cc1ccc2c(c1)C(C)(C)c1cc(C)c(Oc3cc(C4=N[C@]5(C)c6cc(C)c(C)cc6C[C@]5(C)N4c4c(C(C)C)cccc4C(C)C)cc(C(C)(C)C)c3)cc1N2c1cc(C(C)(C)C)ccn1. The van der Waals surface area contributed by atoms with Gasteiger partial charge in [0.2, 0.25) is 0 Å². The van der Waals surface area contributed by atoms with Crippen LogP contribution in [-0.4, -0.2) is 16.4 Å². The lowest BCUT2D eigenvalue weighted by Crippen LogP contribution is -2.54. The minimum Gasteiger partial charge on any atom is -0.457 e. The average molecular weight is 891 g/mol. The maximum atomic E-state index is 7.32. The number of hydrogen-bond acceptors (Lipinski definition) is 5. The molecule has 0 radical (unpaired) electrons. The first-order valence-electron chi connectivity index (χ1n) is 24.7. The zero-order valence-corrected chi connectivity index (χ0v) is 43.8. The lowest BCUT2D eigenvalue weighted by molar-refractivity contribution is 0.321. The van der Waals surface area contributed by atoms with Crippen LogP contribution < -0.4 is 14.5 Å². The van der Waals surface area contributed by atoms with Gasteiger partial charge >= 0.3 is 0 Å². The molecule has 348 valence electrons. The predicted octanol–water partition coefficient (Wildman–Crippen LogP) is 16.6. The third-order valence-corrected chi connectivity index (χ3v) is 15.8. The molecular formula is C62H74N4O. The number of rotatable bonds is 7. The van der Waals surface area contributed by atoms with Crippen LogP contribution >= 0.6 is 0 Å². The van der Waals surface area contributed by atoms with Crippen LogP contribution in [0.3, 0.4) is 0 Å². The fourth-order valence-corrected chi connectivity index (χ4v) is 11.3. The maximum absolute atomic E-state index is 7.32. The number of fused-ring (bicyclic) bond motifs is 5.